The van der Waals surface area contributed by atoms with Crippen molar-refractivity contribution >= 4 is 17.6 Å². The van der Waals surface area contributed by atoms with Crippen LogP contribution < -0.4 is 10.5 Å². The van der Waals surface area contributed by atoms with Crippen molar-refractivity contribution in [2.45, 2.75) is 24.3 Å². The van der Waals surface area contributed by atoms with Crippen LogP contribution in [0.4, 0.5) is 10.1 Å². The first-order chi connectivity index (χ1) is 6.22. The third-order valence-corrected chi connectivity index (χ3v) is 2.81. The molecule has 1 heterocycles. The second-order valence-corrected chi connectivity index (χ2v) is 3.95. The molecule has 0 aliphatic carbocycles. The highest BCUT2D eigenvalue weighted by molar-refractivity contribution is 7.97. The molecule has 1 aliphatic heterocycles. The van der Waals surface area contributed by atoms with E-state index in [9.17, 15) is 4.39 Å². The third kappa shape index (κ3) is 1.40. The number of nitrogens with one attached hydrogen (secondary N) is 1. The van der Waals surface area contributed by atoms with E-state index in [0.29, 0.717) is 16.6 Å². The minimum absolute atomic E-state index is 0.214. The van der Waals surface area contributed by atoms with Gasteiger partial charge in [0.15, 0.2) is 5.82 Å². The van der Waals surface area contributed by atoms with E-state index >= 15 is 0 Å². The minimum Gasteiger partial charge on any atom is -0.380 e. The van der Waals surface area contributed by atoms with Gasteiger partial charge in [-0.3, -0.25) is 5.14 Å². The zero-order valence-electron chi connectivity index (χ0n) is 7.30. The molecule has 0 saturated heterocycles. The van der Waals surface area contributed by atoms with E-state index in [1.54, 1.807) is 6.07 Å². The highest BCUT2D eigenvalue weighted by Gasteiger charge is 2.21. The van der Waals surface area contributed by atoms with Gasteiger partial charge in [0.2, 0.25) is 0 Å². The van der Waals surface area contributed by atoms with Crippen molar-refractivity contribution in [2.75, 3.05) is 5.32 Å². The summed E-state index contributed by atoms with van der Waals surface area (Å²) in [5.41, 5.74) is 1.67. The summed E-state index contributed by atoms with van der Waals surface area (Å²) in [5, 5.41) is 8.42. The summed E-state index contributed by atoms with van der Waals surface area (Å²) in [5.74, 6) is -0.214. The first kappa shape index (κ1) is 8.84. The monoisotopic (exact) mass is 198 g/mol. The maximum absolute atomic E-state index is 13.6. The van der Waals surface area contributed by atoms with E-state index in [1.165, 1.54) is 0 Å². The van der Waals surface area contributed by atoms with Gasteiger partial charge in [-0.25, -0.2) is 4.39 Å². The maximum Gasteiger partial charge on any atom is 0.161 e. The molecule has 3 N–H and O–H groups in total. The Hall–Kier alpha value is -0.740. The summed E-state index contributed by atoms with van der Waals surface area (Å²) >= 11 is 0.948. The zero-order chi connectivity index (χ0) is 9.42. The molecule has 1 aromatic carbocycles. The van der Waals surface area contributed by atoms with Crippen LogP contribution in [0.2, 0.25) is 0 Å². The van der Waals surface area contributed by atoms with Crippen LogP contribution in [-0.2, 0) is 6.42 Å². The van der Waals surface area contributed by atoms with Gasteiger partial charge >= 0.3 is 0 Å². The lowest BCUT2D eigenvalue weighted by molar-refractivity contribution is 0.605. The SMILES string of the molecule is CC1Cc2ccc(SN)c(F)c2N1. The molecule has 0 fully saturated rings. The van der Waals surface area contributed by atoms with Crippen LogP contribution in [0.15, 0.2) is 17.0 Å². The molecule has 0 saturated carbocycles. The van der Waals surface area contributed by atoms with Crippen LogP contribution in [0.3, 0.4) is 0 Å². The third-order valence-electron chi connectivity index (χ3n) is 2.24. The van der Waals surface area contributed by atoms with Crippen LogP contribution >= 0.6 is 11.9 Å². The Bertz CT molecular complexity index is 341. The normalized spacial score (nSPS) is 19.8. The molecule has 2 nitrogen and oxygen atoms in total. The number of anilines is 1. The smallest absolute Gasteiger partial charge is 0.161 e. The number of rotatable bonds is 1. The standard InChI is InChI=1S/C9H11FN2S/c1-5-4-6-2-3-7(13-11)8(10)9(6)12-5/h2-3,5,12H,4,11H2,1H3. The largest absolute Gasteiger partial charge is 0.380 e. The molecule has 0 amide bonds. The molecule has 13 heavy (non-hydrogen) atoms. The van der Waals surface area contributed by atoms with E-state index in [1.807, 2.05) is 13.0 Å². The van der Waals surface area contributed by atoms with Crippen LogP contribution in [0, 0.1) is 5.82 Å². The van der Waals surface area contributed by atoms with E-state index < -0.39 is 0 Å². The number of benzene rings is 1. The second-order valence-electron chi connectivity index (χ2n) is 3.28. The predicted octanol–water partition coefficient (Wildman–Crippen LogP) is 2.15. The Morgan fingerprint density at radius 1 is 1.62 bits per heavy atom. The molecular formula is C9H11FN2S. The van der Waals surface area contributed by atoms with Gasteiger partial charge in [-0.15, -0.1) is 0 Å². The van der Waals surface area contributed by atoms with Crippen molar-refractivity contribution in [1.29, 1.82) is 0 Å². The topological polar surface area (TPSA) is 38.0 Å². The Morgan fingerprint density at radius 3 is 3.08 bits per heavy atom. The molecular weight excluding hydrogens is 187 g/mol. The van der Waals surface area contributed by atoms with Crippen molar-refractivity contribution in [3.05, 3.63) is 23.5 Å². The second kappa shape index (κ2) is 3.20. The van der Waals surface area contributed by atoms with Crippen LogP contribution in [-0.4, -0.2) is 6.04 Å². The Morgan fingerprint density at radius 2 is 2.38 bits per heavy atom. The summed E-state index contributed by atoms with van der Waals surface area (Å²) < 4.78 is 13.6. The van der Waals surface area contributed by atoms with Crippen molar-refractivity contribution in [3.8, 4) is 0 Å². The molecule has 1 aromatic rings. The Kier molecular flexibility index (Phi) is 2.17. The number of hydrogen-bond acceptors (Lipinski definition) is 3. The van der Waals surface area contributed by atoms with Gasteiger partial charge in [-0.2, -0.15) is 0 Å². The van der Waals surface area contributed by atoms with Crippen molar-refractivity contribution in [2.24, 2.45) is 5.14 Å². The summed E-state index contributed by atoms with van der Waals surface area (Å²) in [6.45, 7) is 2.04. The summed E-state index contributed by atoms with van der Waals surface area (Å²) in [6.07, 6.45) is 0.891. The fourth-order valence-electron chi connectivity index (χ4n) is 1.64. The maximum atomic E-state index is 13.6. The van der Waals surface area contributed by atoms with E-state index in [4.69, 9.17) is 5.14 Å². The lowest BCUT2D eigenvalue weighted by Gasteiger charge is -2.06. The van der Waals surface area contributed by atoms with Gasteiger partial charge in [0.05, 0.1) is 10.6 Å². The van der Waals surface area contributed by atoms with Gasteiger partial charge in [-0.1, -0.05) is 6.07 Å². The quantitative estimate of drug-likeness (QED) is 0.679. The molecule has 4 heteroatoms. The number of fused-ring (bicyclic) bond motifs is 1. The lowest BCUT2D eigenvalue weighted by Crippen LogP contribution is -2.09. The fourth-order valence-corrected chi connectivity index (χ4v) is 1.99. The number of hydrogen-bond donors (Lipinski definition) is 2. The zero-order valence-corrected chi connectivity index (χ0v) is 8.12. The fraction of sp³-hybridized carbons (Fsp3) is 0.333. The lowest BCUT2D eigenvalue weighted by atomic mass is 10.1. The molecule has 2 rings (SSSR count). The highest BCUT2D eigenvalue weighted by Crippen LogP contribution is 2.33. The van der Waals surface area contributed by atoms with Crippen molar-refractivity contribution in [3.63, 3.8) is 0 Å². The van der Waals surface area contributed by atoms with Gasteiger partial charge < -0.3 is 5.32 Å². The Balaban J connectivity index is 2.48. The van der Waals surface area contributed by atoms with E-state index in [0.717, 1.165) is 23.9 Å². The van der Waals surface area contributed by atoms with Gasteiger partial charge in [0.25, 0.3) is 0 Å². The van der Waals surface area contributed by atoms with Gasteiger partial charge in [0.1, 0.15) is 0 Å². The summed E-state index contributed by atoms with van der Waals surface area (Å²) in [4.78, 5) is 0.500. The summed E-state index contributed by atoms with van der Waals surface area (Å²) in [7, 11) is 0. The van der Waals surface area contributed by atoms with E-state index in [-0.39, 0.29) is 5.82 Å². The highest BCUT2D eigenvalue weighted by atomic mass is 32.2. The summed E-state index contributed by atoms with van der Waals surface area (Å²) in [6, 6.07) is 3.99. The number of nitrogens with two attached hydrogens (primary N) is 1. The first-order valence-electron chi connectivity index (χ1n) is 4.17. The Labute approximate surface area is 80.8 Å². The van der Waals surface area contributed by atoms with Crippen LogP contribution in [0.1, 0.15) is 12.5 Å². The van der Waals surface area contributed by atoms with Gasteiger partial charge in [0, 0.05) is 6.04 Å². The minimum atomic E-state index is -0.214. The predicted molar refractivity (Wildman–Crippen MR) is 53.2 cm³/mol. The molecule has 0 radical (unpaired) electrons. The first-order valence-corrected chi connectivity index (χ1v) is 5.05. The van der Waals surface area contributed by atoms with Gasteiger partial charge in [-0.05, 0) is 36.9 Å². The molecule has 1 unspecified atom stereocenters. The van der Waals surface area contributed by atoms with E-state index in [2.05, 4.69) is 5.32 Å². The molecule has 1 aliphatic rings. The number of halogens is 1. The molecule has 0 spiro atoms. The average molecular weight is 198 g/mol. The van der Waals surface area contributed by atoms with Crippen LogP contribution in [0.25, 0.3) is 0 Å². The molecule has 0 bridgehead atoms. The van der Waals surface area contributed by atoms with Crippen molar-refractivity contribution < 1.29 is 4.39 Å². The molecule has 0 aromatic heterocycles. The molecule has 1 atom stereocenters. The molecule has 70 valence electrons. The van der Waals surface area contributed by atoms with Crippen molar-refractivity contribution in [1.82, 2.24) is 0 Å². The van der Waals surface area contributed by atoms with Crippen LogP contribution in [0.5, 0.6) is 0 Å². The average Bonchev–Trinajstić information content (AvgIpc) is 2.47.